The number of benzene rings is 1. The first-order valence-electron chi connectivity index (χ1n) is 6.53. The molecule has 0 radical (unpaired) electrons. The Labute approximate surface area is 132 Å². The zero-order chi connectivity index (χ0) is 15.1. The van der Waals surface area contributed by atoms with Gasteiger partial charge < -0.3 is 11.1 Å². The van der Waals surface area contributed by atoms with Crippen molar-refractivity contribution >= 4 is 34.7 Å². The fourth-order valence-corrected chi connectivity index (χ4v) is 3.23. The highest BCUT2D eigenvalue weighted by atomic mass is 32.2. The molecule has 0 atom stereocenters. The normalized spacial score (nSPS) is 10.3. The number of anilines is 1. The third-order valence-electron chi connectivity index (χ3n) is 2.63. The lowest BCUT2D eigenvalue weighted by atomic mass is 10.3. The highest BCUT2D eigenvalue weighted by Crippen LogP contribution is 2.27. The first-order valence-corrected chi connectivity index (χ1v) is 8.39. The number of hydrogen-bond donors (Lipinski definition) is 2. The van der Waals surface area contributed by atoms with Gasteiger partial charge >= 0.3 is 0 Å². The molecule has 0 saturated heterocycles. The number of aromatic nitrogens is 1. The van der Waals surface area contributed by atoms with Crippen molar-refractivity contribution in [1.82, 2.24) is 4.98 Å². The fraction of sp³-hybridized carbons (Fsp3) is 0.200. The van der Waals surface area contributed by atoms with Gasteiger partial charge in [-0.2, -0.15) is 0 Å². The average molecular weight is 319 g/mol. The molecule has 4 nitrogen and oxygen atoms in total. The van der Waals surface area contributed by atoms with Crippen LogP contribution in [0.1, 0.15) is 15.5 Å². The van der Waals surface area contributed by atoms with Crippen LogP contribution in [-0.2, 0) is 6.42 Å². The number of nitrogens with one attached hydrogen (secondary N) is 1. The molecule has 0 unspecified atom stereocenters. The van der Waals surface area contributed by atoms with Gasteiger partial charge in [-0.1, -0.05) is 18.2 Å². The molecule has 2 aromatic rings. The van der Waals surface area contributed by atoms with Gasteiger partial charge in [0.2, 0.25) is 0 Å². The van der Waals surface area contributed by atoms with Gasteiger partial charge in [0.1, 0.15) is 5.69 Å². The zero-order valence-electron chi connectivity index (χ0n) is 11.5. The lowest BCUT2D eigenvalue weighted by molar-refractivity contribution is 0.102. The van der Waals surface area contributed by atoms with Crippen LogP contribution >= 0.6 is 23.1 Å². The third kappa shape index (κ3) is 4.42. The van der Waals surface area contributed by atoms with Gasteiger partial charge in [-0.25, -0.2) is 4.98 Å². The van der Waals surface area contributed by atoms with Crippen LogP contribution in [0, 0.1) is 0 Å². The van der Waals surface area contributed by atoms with Gasteiger partial charge in [-0.05, 0) is 18.7 Å². The summed E-state index contributed by atoms with van der Waals surface area (Å²) in [6.45, 7) is 4.24. The van der Waals surface area contributed by atoms with Crippen molar-refractivity contribution in [1.29, 1.82) is 0 Å². The second-order valence-electron chi connectivity index (χ2n) is 4.22. The highest BCUT2D eigenvalue weighted by molar-refractivity contribution is 7.99. The van der Waals surface area contributed by atoms with E-state index in [4.69, 9.17) is 5.73 Å². The van der Waals surface area contributed by atoms with E-state index in [1.54, 1.807) is 17.1 Å². The Bertz CT molecular complexity index is 625. The summed E-state index contributed by atoms with van der Waals surface area (Å²) in [6.07, 6.45) is 2.53. The molecule has 0 spiro atoms. The van der Waals surface area contributed by atoms with Crippen LogP contribution in [0.15, 0.2) is 47.2 Å². The van der Waals surface area contributed by atoms with E-state index in [9.17, 15) is 4.79 Å². The zero-order valence-corrected chi connectivity index (χ0v) is 13.2. The predicted molar refractivity (Wildman–Crippen MR) is 90.2 cm³/mol. The topological polar surface area (TPSA) is 68.0 Å². The van der Waals surface area contributed by atoms with Gasteiger partial charge in [0.25, 0.3) is 5.91 Å². The maximum Gasteiger partial charge on any atom is 0.275 e. The van der Waals surface area contributed by atoms with Crippen LogP contribution < -0.4 is 11.1 Å². The number of nitrogens with two attached hydrogens (primary N) is 1. The molecule has 1 heterocycles. The minimum absolute atomic E-state index is 0.193. The van der Waals surface area contributed by atoms with Gasteiger partial charge in [0, 0.05) is 22.4 Å². The molecule has 110 valence electrons. The number of para-hydroxylation sites is 1. The van der Waals surface area contributed by atoms with Crippen LogP contribution in [0.3, 0.4) is 0 Å². The van der Waals surface area contributed by atoms with Crippen LogP contribution in [0.25, 0.3) is 0 Å². The Kier molecular flexibility index (Phi) is 5.98. The molecule has 21 heavy (non-hydrogen) atoms. The lowest BCUT2D eigenvalue weighted by Crippen LogP contribution is -2.13. The Hall–Kier alpha value is -1.63. The summed E-state index contributed by atoms with van der Waals surface area (Å²) in [5.74, 6) is 0.603. The molecular weight excluding hydrogens is 302 g/mol. The van der Waals surface area contributed by atoms with E-state index >= 15 is 0 Å². The maximum absolute atomic E-state index is 12.2. The van der Waals surface area contributed by atoms with Crippen LogP contribution in [0.5, 0.6) is 0 Å². The Morgan fingerprint density at radius 3 is 3.05 bits per heavy atom. The van der Waals surface area contributed by atoms with Crippen molar-refractivity contribution in [3.63, 3.8) is 0 Å². The number of thioether (sulfide) groups is 1. The maximum atomic E-state index is 12.2. The van der Waals surface area contributed by atoms with Crippen molar-refractivity contribution in [2.75, 3.05) is 17.6 Å². The molecule has 1 aromatic carbocycles. The molecule has 0 aliphatic heterocycles. The summed E-state index contributed by atoms with van der Waals surface area (Å²) in [4.78, 5) is 17.5. The van der Waals surface area contributed by atoms with Crippen LogP contribution in [0.2, 0.25) is 0 Å². The predicted octanol–water partition coefficient (Wildman–Crippen LogP) is 3.17. The number of carbonyl (C=O) groups is 1. The Morgan fingerprint density at radius 2 is 2.29 bits per heavy atom. The molecule has 0 fully saturated rings. The van der Waals surface area contributed by atoms with E-state index in [2.05, 4.69) is 16.9 Å². The van der Waals surface area contributed by atoms with E-state index in [0.717, 1.165) is 21.3 Å². The average Bonchev–Trinajstić information content (AvgIpc) is 2.95. The summed E-state index contributed by atoms with van der Waals surface area (Å²) >= 11 is 3.09. The monoisotopic (exact) mass is 319 g/mol. The number of nitrogens with zero attached hydrogens (tertiary/aromatic N) is 1. The van der Waals surface area contributed by atoms with Gasteiger partial charge in [-0.3, -0.25) is 4.79 Å². The molecule has 2 rings (SSSR count). The van der Waals surface area contributed by atoms with Gasteiger partial charge in [-0.15, -0.1) is 29.7 Å². The molecule has 0 bridgehead atoms. The first kappa shape index (κ1) is 15.8. The summed E-state index contributed by atoms with van der Waals surface area (Å²) in [6, 6.07) is 7.71. The molecular formula is C15H17N3OS2. The first-order chi connectivity index (χ1) is 10.2. The quantitative estimate of drug-likeness (QED) is 0.607. The van der Waals surface area contributed by atoms with Crippen LogP contribution in [0.4, 0.5) is 5.69 Å². The molecule has 1 amide bonds. The summed E-state index contributed by atoms with van der Waals surface area (Å²) in [5, 5.41) is 5.56. The Morgan fingerprint density at radius 1 is 1.48 bits per heavy atom. The smallest absolute Gasteiger partial charge is 0.275 e. The van der Waals surface area contributed by atoms with E-state index in [0.29, 0.717) is 18.7 Å². The number of hydrogen-bond acceptors (Lipinski definition) is 5. The van der Waals surface area contributed by atoms with Crippen molar-refractivity contribution in [2.45, 2.75) is 11.3 Å². The number of amides is 1. The van der Waals surface area contributed by atoms with Gasteiger partial charge in [0.05, 0.1) is 10.7 Å². The molecule has 6 heteroatoms. The number of carbonyl (C=O) groups excluding carboxylic acids is 1. The lowest BCUT2D eigenvalue weighted by Gasteiger charge is -2.08. The van der Waals surface area contributed by atoms with E-state index in [1.165, 1.54) is 11.3 Å². The van der Waals surface area contributed by atoms with Gasteiger partial charge in [0.15, 0.2) is 0 Å². The summed E-state index contributed by atoms with van der Waals surface area (Å²) < 4.78 is 0. The van der Waals surface area contributed by atoms with E-state index < -0.39 is 0 Å². The van der Waals surface area contributed by atoms with Crippen molar-refractivity contribution in [3.05, 3.63) is 53.0 Å². The highest BCUT2D eigenvalue weighted by Gasteiger charge is 2.12. The Balaban J connectivity index is 2.09. The third-order valence-corrected chi connectivity index (χ3v) is 4.61. The second kappa shape index (κ2) is 7.97. The summed E-state index contributed by atoms with van der Waals surface area (Å²) in [7, 11) is 0. The standard InChI is InChI=1S/C15H17N3OS2/c1-2-9-20-13-6-4-3-5-11(13)18-15(19)12-10-21-14(17-12)7-8-16/h2-6,10H,1,7-9,16H2,(H,18,19). The molecule has 0 aliphatic carbocycles. The SMILES string of the molecule is C=CCSc1ccccc1NC(=O)c1csc(CCN)n1. The molecule has 1 aromatic heterocycles. The molecule has 0 saturated carbocycles. The van der Waals surface area contributed by atoms with Crippen molar-refractivity contribution in [2.24, 2.45) is 5.73 Å². The summed E-state index contributed by atoms with van der Waals surface area (Å²) in [5.41, 5.74) is 6.72. The van der Waals surface area contributed by atoms with Crippen molar-refractivity contribution < 1.29 is 4.79 Å². The number of thiazole rings is 1. The van der Waals surface area contributed by atoms with E-state index in [1.807, 2.05) is 30.3 Å². The van der Waals surface area contributed by atoms with Crippen LogP contribution in [-0.4, -0.2) is 23.2 Å². The minimum atomic E-state index is -0.193. The largest absolute Gasteiger partial charge is 0.330 e. The van der Waals surface area contributed by atoms with Crippen molar-refractivity contribution in [3.8, 4) is 0 Å². The van der Waals surface area contributed by atoms with E-state index in [-0.39, 0.29) is 5.91 Å². The molecule has 0 aliphatic rings. The second-order valence-corrected chi connectivity index (χ2v) is 6.22. The number of rotatable bonds is 7. The minimum Gasteiger partial charge on any atom is -0.330 e. The molecule has 3 N–H and O–H groups in total. The fourth-order valence-electron chi connectivity index (χ4n) is 1.68.